The summed E-state index contributed by atoms with van der Waals surface area (Å²) in [4.78, 5) is 15.3. The Balaban J connectivity index is 1.91. The second-order valence-electron chi connectivity index (χ2n) is 13.6. The third kappa shape index (κ3) is 5.87. The Labute approximate surface area is 218 Å². The molecule has 0 spiro atoms. The van der Waals surface area contributed by atoms with Crippen LogP contribution >= 0.6 is 0 Å². The minimum atomic E-state index is -2.47. The second kappa shape index (κ2) is 9.76. The first-order chi connectivity index (χ1) is 16.3. The van der Waals surface area contributed by atoms with E-state index in [4.69, 9.17) is 8.85 Å². The summed E-state index contributed by atoms with van der Waals surface area (Å²) >= 11 is 0. The van der Waals surface area contributed by atoms with Gasteiger partial charge in [0.2, 0.25) is 5.85 Å². The van der Waals surface area contributed by atoms with Gasteiger partial charge in [0, 0.05) is 25.7 Å². The number of halogens is 1. The molecule has 7 nitrogen and oxygen atoms in total. The predicted octanol–water partition coefficient (Wildman–Crippen LogP) is 6.57. The lowest BCUT2D eigenvalue weighted by Crippen LogP contribution is -2.57. The van der Waals surface area contributed by atoms with Crippen molar-refractivity contribution in [2.24, 2.45) is 0 Å². The smallest absolute Gasteiger partial charge is 0.292 e. The number of likely N-dealkylation sites (tertiary alicyclic amines) is 1. The third-order valence-electron chi connectivity index (χ3n) is 8.83. The summed E-state index contributed by atoms with van der Waals surface area (Å²) in [5, 5.41) is 11.7. The Hall–Kier alpha value is -1.34. The molecule has 0 radical (unpaired) electrons. The van der Waals surface area contributed by atoms with Gasteiger partial charge in [-0.1, -0.05) is 53.7 Å². The Morgan fingerprint density at radius 1 is 1.03 bits per heavy atom. The van der Waals surface area contributed by atoms with Gasteiger partial charge in [-0.25, -0.2) is 4.39 Å². The van der Waals surface area contributed by atoms with Crippen molar-refractivity contribution in [3.8, 4) is 0 Å². The van der Waals surface area contributed by atoms with Crippen molar-refractivity contribution in [2.45, 2.75) is 102 Å². The highest BCUT2D eigenvalue weighted by Gasteiger charge is 2.57. The van der Waals surface area contributed by atoms with Gasteiger partial charge in [0.25, 0.3) is 5.69 Å². The molecule has 0 aromatic heterocycles. The summed E-state index contributed by atoms with van der Waals surface area (Å²) < 4.78 is 30.3. The number of benzene rings is 1. The van der Waals surface area contributed by atoms with Crippen LogP contribution in [0.25, 0.3) is 0 Å². The zero-order chi connectivity index (χ0) is 27.3. The fraction of sp³-hybridized carbons (Fsp3) is 0.769. The minimum absolute atomic E-state index is 0.00612. The Morgan fingerprint density at radius 2 is 1.61 bits per heavy atom. The fourth-order valence-corrected chi connectivity index (χ4v) is 7.37. The topological polar surface area (TPSA) is 68.1 Å². The number of hydrogen-bond donors (Lipinski definition) is 0. The quantitative estimate of drug-likeness (QED) is 0.222. The molecule has 0 amide bonds. The first-order valence-electron chi connectivity index (χ1n) is 13.1. The average Bonchev–Trinajstić information content (AvgIpc) is 3.29. The van der Waals surface area contributed by atoms with Gasteiger partial charge in [0.1, 0.15) is 5.69 Å². The summed E-state index contributed by atoms with van der Waals surface area (Å²) in [6.07, 6.45) is 0.910. The van der Waals surface area contributed by atoms with Gasteiger partial charge in [0.05, 0.1) is 23.6 Å². The van der Waals surface area contributed by atoms with Crippen molar-refractivity contribution in [3.05, 3.63) is 34.4 Å². The van der Waals surface area contributed by atoms with Crippen LogP contribution in [0.1, 0.15) is 48.0 Å². The van der Waals surface area contributed by atoms with Crippen LogP contribution < -0.4 is 4.90 Å². The molecule has 204 valence electrons. The molecule has 3 rings (SSSR count). The standard InChI is InChI=1S/C26H46FN3O4Si2/c1-24(2,3)35(7,8)33-20-15-16-28(17-20)23-18-29(21-13-11-12-14-22(21)30(31)32)19-26(23,27)34-36(9,10)25(4,5)6/h11-14,20,23H,15-19H2,1-10H3/t20-,23?,26+/m1/s1. The van der Waals surface area contributed by atoms with Crippen LogP contribution in [0.15, 0.2) is 24.3 Å². The lowest BCUT2D eigenvalue weighted by atomic mass is 10.1. The monoisotopic (exact) mass is 539 g/mol. The first-order valence-corrected chi connectivity index (χ1v) is 18.9. The van der Waals surface area contributed by atoms with Gasteiger partial charge < -0.3 is 13.8 Å². The van der Waals surface area contributed by atoms with Gasteiger partial charge in [-0.05, 0) is 48.8 Å². The molecule has 10 heteroatoms. The molecule has 36 heavy (non-hydrogen) atoms. The summed E-state index contributed by atoms with van der Waals surface area (Å²) in [6.45, 7) is 23.3. The van der Waals surface area contributed by atoms with Gasteiger partial charge >= 0.3 is 0 Å². The number of nitro benzene ring substituents is 1. The van der Waals surface area contributed by atoms with Crippen LogP contribution in [0, 0.1) is 10.1 Å². The molecule has 2 aliphatic heterocycles. The Kier molecular flexibility index (Phi) is 7.92. The van der Waals surface area contributed by atoms with Gasteiger partial charge in [-0.3, -0.25) is 15.0 Å². The molecule has 2 fully saturated rings. The van der Waals surface area contributed by atoms with E-state index in [1.807, 2.05) is 0 Å². The van der Waals surface area contributed by atoms with E-state index in [0.29, 0.717) is 18.8 Å². The number of hydrogen-bond acceptors (Lipinski definition) is 6. The maximum atomic E-state index is 17.1. The molecule has 1 aromatic rings. The predicted molar refractivity (Wildman–Crippen MR) is 149 cm³/mol. The van der Waals surface area contributed by atoms with E-state index in [1.54, 1.807) is 23.1 Å². The lowest BCUT2D eigenvalue weighted by molar-refractivity contribution is -0.384. The minimum Gasteiger partial charge on any atom is -0.413 e. The number of alkyl halides is 1. The molecular weight excluding hydrogens is 493 g/mol. The zero-order valence-corrected chi connectivity index (χ0v) is 25.9. The number of nitrogens with zero attached hydrogens (tertiary/aromatic N) is 3. The van der Waals surface area contributed by atoms with Crippen molar-refractivity contribution < 1.29 is 18.2 Å². The average molecular weight is 540 g/mol. The van der Waals surface area contributed by atoms with Crippen LogP contribution in [-0.2, 0) is 8.85 Å². The van der Waals surface area contributed by atoms with Crippen LogP contribution in [0.5, 0.6) is 0 Å². The van der Waals surface area contributed by atoms with Gasteiger partial charge in [-0.2, -0.15) is 0 Å². The SMILES string of the molecule is CC(C)(C)[Si](C)(C)O[C@@H]1CCN(C2CN(c3ccccc3[N+](=O)[O-])C[C@]2(F)O[Si](C)(C)C(C)(C)C)C1. The van der Waals surface area contributed by atoms with Gasteiger partial charge in [-0.15, -0.1) is 0 Å². The number of nitro groups is 1. The Morgan fingerprint density at radius 3 is 2.17 bits per heavy atom. The molecule has 2 heterocycles. The van der Waals surface area contributed by atoms with Crippen molar-refractivity contribution in [1.82, 2.24) is 4.90 Å². The maximum absolute atomic E-state index is 17.1. The van der Waals surface area contributed by atoms with E-state index < -0.39 is 33.5 Å². The fourth-order valence-electron chi connectivity index (χ4n) is 4.64. The Bertz CT molecular complexity index is 963. The first kappa shape index (κ1) is 29.2. The van der Waals surface area contributed by atoms with Crippen LogP contribution in [0.3, 0.4) is 0 Å². The molecule has 0 N–H and O–H groups in total. The molecule has 0 saturated carbocycles. The van der Waals surface area contributed by atoms with Gasteiger partial charge in [0.15, 0.2) is 16.6 Å². The molecule has 1 aromatic carbocycles. The van der Waals surface area contributed by atoms with E-state index >= 15 is 4.39 Å². The summed E-state index contributed by atoms with van der Waals surface area (Å²) in [6, 6.07) is 6.08. The van der Waals surface area contributed by atoms with Crippen molar-refractivity contribution in [1.29, 1.82) is 0 Å². The molecule has 3 atom stereocenters. The molecule has 2 aliphatic rings. The van der Waals surface area contributed by atoms with Crippen molar-refractivity contribution >= 4 is 28.0 Å². The summed E-state index contributed by atoms with van der Waals surface area (Å²) in [5.74, 6) is -1.93. The third-order valence-corrected chi connectivity index (χ3v) is 17.8. The summed E-state index contributed by atoms with van der Waals surface area (Å²) in [7, 11) is -4.42. The zero-order valence-electron chi connectivity index (χ0n) is 23.9. The lowest BCUT2D eigenvalue weighted by Gasteiger charge is -2.43. The maximum Gasteiger partial charge on any atom is 0.292 e. The normalized spacial score (nSPS) is 26.6. The molecule has 1 unspecified atom stereocenters. The second-order valence-corrected chi connectivity index (χ2v) is 23.1. The molecular formula is C26H46FN3O4Si2. The van der Waals surface area contributed by atoms with Crippen molar-refractivity contribution in [2.75, 3.05) is 31.1 Å². The highest BCUT2D eigenvalue weighted by molar-refractivity contribution is 6.74. The van der Waals surface area contributed by atoms with E-state index in [-0.39, 0.29) is 28.4 Å². The van der Waals surface area contributed by atoms with Crippen LogP contribution in [0.2, 0.25) is 36.3 Å². The molecule has 0 bridgehead atoms. The largest absolute Gasteiger partial charge is 0.413 e. The van der Waals surface area contributed by atoms with Crippen molar-refractivity contribution in [3.63, 3.8) is 0 Å². The van der Waals surface area contributed by atoms with E-state index in [0.717, 1.165) is 13.0 Å². The number of anilines is 1. The molecule has 0 aliphatic carbocycles. The number of rotatable bonds is 7. The highest BCUT2D eigenvalue weighted by Crippen LogP contribution is 2.46. The van der Waals surface area contributed by atoms with E-state index in [2.05, 4.69) is 72.6 Å². The number of para-hydroxylation sites is 2. The van der Waals surface area contributed by atoms with E-state index in [9.17, 15) is 10.1 Å². The van der Waals surface area contributed by atoms with Crippen LogP contribution in [0.4, 0.5) is 15.8 Å². The molecule has 2 saturated heterocycles. The van der Waals surface area contributed by atoms with Crippen LogP contribution in [-0.4, -0.2) is 70.6 Å². The van der Waals surface area contributed by atoms with E-state index in [1.165, 1.54) is 6.07 Å². The summed E-state index contributed by atoms with van der Waals surface area (Å²) in [5.41, 5.74) is 0.438. The highest BCUT2D eigenvalue weighted by atomic mass is 28.4.